The molecule has 1 amide bonds. The fourth-order valence-corrected chi connectivity index (χ4v) is 2.22. The smallest absolute Gasteiger partial charge is 0.339 e. The molecule has 96 valence electrons. The lowest BCUT2D eigenvalue weighted by molar-refractivity contribution is 0.0601. The summed E-state index contributed by atoms with van der Waals surface area (Å²) in [4.78, 5) is 25.4. The van der Waals surface area contributed by atoms with Gasteiger partial charge in [-0.25, -0.2) is 4.79 Å². The van der Waals surface area contributed by atoms with Crippen LogP contribution in [0.1, 0.15) is 33.6 Å². The largest absolute Gasteiger partial charge is 0.465 e. The number of hydrogen-bond donors (Lipinski definition) is 0. The summed E-state index contributed by atoms with van der Waals surface area (Å²) >= 11 is 5.91. The van der Waals surface area contributed by atoms with Gasteiger partial charge in [-0.1, -0.05) is 11.6 Å². The van der Waals surface area contributed by atoms with E-state index in [4.69, 9.17) is 11.6 Å². The number of likely N-dealkylation sites (tertiary alicyclic amines) is 1. The molecule has 1 aromatic carbocycles. The van der Waals surface area contributed by atoms with Crippen LogP contribution in [-0.2, 0) is 4.74 Å². The van der Waals surface area contributed by atoms with Crippen molar-refractivity contribution in [2.45, 2.75) is 12.8 Å². The predicted octanol–water partition coefficient (Wildman–Crippen LogP) is 2.36. The lowest BCUT2D eigenvalue weighted by Gasteiger charge is -2.15. The summed E-state index contributed by atoms with van der Waals surface area (Å²) in [7, 11) is 1.29. The highest BCUT2D eigenvalue weighted by molar-refractivity contribution is 6.33. The van der Waals surface area contributed by atoms with E-state index < -0.39 is 5.97 Å². The third kappa shape index (κ3) is 2.48. The maximum Gasteiger partial charge on any atom is 0.339 e. The lowest BCUT2D eigenvalue weighted by atomic mass is 10.1. The van der Waals surface area contributed by atoms with Crippen LogP contribution in [0, 0.1) is 0 Å². The van der Waals surface area contributed by atoms with Crippen LogP contribution in [0.4, 0.5) is 0 Å². The van der Waals surface area contributed by atoms with Crippen LogP contribution in [-0.4, -0.2) is 37.0 Å². The molecule has 4 nitrogen and oxygen atoms in total. The quantitative estimate of drug-likeness (QED) is 0.773. The Labute approximate surface area is 110 Å². The fraction of sp³-hybridized carbons (Fsp3) is 0.385. The standard InChI is InChI=1S/C13H14ClNO3/c1-18-13(17)10-8-9(4-5-11(10)14)12(16)15-6-2-3-7-15/h4-5,8H,2-3,6-7H2,1H3. The molecule has 1 heterocycles. The molecule has 5 heteroatoms. The number of hydrogen-bond acceptors (Lipinski definition) is 3. The summed E-state index contributed by atoms with van der Waals surface area (Å²) in [6.07, 6.45) is 2.06. The van der Waals surface area contributed by atoms with E-state index in [1.807, 2.05) is 0 Å². The maximum absolute atomic E-state index is 12.2. The minimum Gasteiger partial charge on any atom is -0.465 e. The number of methoxy groups -OCH3 is 1. The Morgan fingerprint density at radius 3 is 2.56 bits per heavy atom. The number of rotatable bonds is 2. The van der Waals surface area contributed by atoms with Crippen molar-refractivity contribution in [2.75, 3.05) is 20.2 Å². The second-order valence-corrected chi connectivity index (χ2v) is 4.59. The normalized spacial score (nSPS) is 14.7. The Hall–Kier alpha value is -1.55. The minimum atomic E-state index is -0.531. The Morgan fingerprint density at radius 1 is 1.28 bits per heavy atom. The summed E-state index contributed by atoms with van der Waals surface area (Å²) in [5.41, 5.74) is 0.700. The van der Waals surface area contributed by atoms with Crippen LogP contribution in [0.25, 0.3) is 0 Å². The van der Waals surface area contributed by atoms with Crippen molar-refractivity contribution < 1.29 is 14.3 Å². The van der Waals surface area contributed by atoms with E-state index in [1.54, 1.807) is 17.0 Å². The molecule has 2 rings (SSSR count). The number of carbonyl (C=O) groups excluding carboxylic acids is 2. The molecule has 0 atom stereocenters. The highest BCUT2D eigenvalue weighted by Crippen LogP contribution is 2.20. The number of ether oxygens (including phenoxy) is 1. The first kappa shape index (κ1) is 12.9. The molecule has 1 aliphatic rings. The third-order valence-electron chi connectivity index (χ3n) is 3.01. The monoisotopic (exact) mass is 267 g/mol. The summed E-state index contributed by atoms with van der Waals surface area (Å²) in [5.74, 6) is -0.592. The zero-order valence-electron chi connectivity index (χ0n) is 10.1. The zero-order valence-corrected chi connectivity index (χ0v) is 10.9. The molecular formula is C13H14ClNO3. The van der Waals surface area contributed by atoms with Gasteiger partial charge in [0.05, 0.1) is 17.7 Å². The van der Waals surface area contributed by atoms with Crippen molar-refractivity contribution in [1.82, 2.24) is 4.90 Å². The molecule has 0 unspecified atom stereocenters. The molecule has 18 heavy (non-hydrogen) atoms. The van der Waals surface area contributed by atoms with Gasteiger partial charge < -0.3 is 9.64 Å². The number of carbonyl (C=O) groups is 2. The average molecular weight is 268 g/mol. The van der Waals surface area contributed by atoms with Crippen molar-refractivity contribution in [2.24, 2.45) is 0 Å². The van der Waals surface area contributed by atoms with E-state index in [-0.39, 0.29) is 11.5 Å². The highest BCUT2D eigenvalue weighted by atomic mass is 35.5. The van der Waals surface area contributed by atoms with Gasteiger partial charge in [-0.3, -0.25) is 4.79 Å². The van der Waals surface area contributed by atoms with E-state index in [1.165, 1.54) is 13.2 Å². The molecule has 0 spiro atoms. The molecule has 1 fully saturated rings. The van der Waals surface area contributed by atoms with Gasteiger partial charge in [0.1, 0.15) is 0 Å². The molecule has 1 aliphatic heterocycles. The fourth-order valence-electron chi connectivity index (χ4n) is 2.03. The van der Waals surface area contributed by atoms with Crippen LogP contribution >= 0.6 is 11.6 Å². The van der Waals surface area contributed by atoms with Crippen LogP contribution in [0.3, 0.4) is 0 Å². The Balaban J connectivity index is 2.28. The van der Waals surface area contributed by atoms with Crippen molar-refractivity contribution in [3.05, 3.63) is 34.3 Å². The van der Waals surface area contributed by atoms with Gasteiger partial charge >= 0.3 is 5.97 Å². The predicted molar refractivity (Wildman–Crippen MR) is 67.9 cm³/mol. The first-order chi connectivity index (χ1) is 8.63. The molecular weight excluding hydrogens is 254 g/mol. The summed E-state index contributed by atoms with van der Waals surface area (Å²) in [6.45, 7) is 1.55. The lowest BCUT2D eigenvalue weighted by Crippen LogP contribution is -2.27. The van der Waals surface area contributed by atoms with Crippen molar-refractivity contribution >= 4 is 23.5 Å². The van der Waals surface area contributed by atoms with Crippen LogP contribution < -0.4 is 0 Å². The second kappa shape index (κ2) is 5.40. The Kier molecular flexibility index (Phi) is 3.87. The Bertz CT molecular complexity index is 481. The van der Waals surface area contributed by atoms with E-state index >= 15 is 0 Å². The molecule has 0 bridgehead atoms. The number of nitrogens with zero attached hydrogens (tertiary/aromatic N) is 1. The molecule has 0 saturated carbocycles. The number of esters is 1. The SMILES string of the molecule is COC(=O)c1cc(C(=O)N2CCCC2)ccc1Cl. The van der Waals surface area contributed by atoms with Gasteiger partial charge in [0, 0.05) is 18.7 Å². The summed E-state index contributed by atoms with van der Waals surface area (Å²) in [6, 6.07) is 4.68. The number of benzene rings is 1. The van der Waals surface area contributed by atoms with E-state index in [0.717, 1.165) is 25.9 Å². The van der Waals surface area contributed by atoms with Gasteiger partial charge in [-0.2, -0.15) is 0 Å². The first-order valence-electron chi connectivity index (χ1n) is 5.80. The van der Waals surface area contributed by atoms with Gasteiger partial charge in [-0.15, -0.1) is 0 Å². The van der Waals surface area contributed by atoms with Gasteiger partial charge in [0.15, 0.2) is 0 Å². The third-order valence-corrected chi connectivity index (χ3v) is 3.34. The van der Waals surface area contributed by atoms with Crippen molar-refractivity contribution in [3.8, 4) is 0 Å². The van der Waals surface area contributed by atoms with Gasteiger partial charge in [-0.05, 0) is 31.0 Å². The molecule has 0 N–H and O–H groups in total. The van der Waals surface area contributed by atoms with Crippen molar-refractivity contribution in [3.63, 3.8) is 0 Å². The minimum absolute atomic E-state index is 0.0608. The number of amides is 1. The number of halogens is 1. The van der Waals surface area contributed by atoms with Crippen LogP contribution in [0.2, 0.25) is 5.02 Å². The van der Waals surface area contributed by atoms with E-state index in [0.29, 0.717) is 10.6 Å². The van der Waals surface area contributed by atoms with Crippen molar-refractivity contribution in [1.29, 1.82) is 0 Å². The van der Waals surface area contributed by atoms with E-state index in [2.05, 4.69) is 4.74 Å². The Morgan fingerprint density at radius 2 is 1.94 bits per heavy atom. The average Bonchev–Trinajstić information content (AvgIpc) is 2.91. The van der Waals surface area contributed by atoms with Crippen LogP contribution in [0.5, 0.6) is 0 Å². The summed E-state index contributed by atoms with van der Waals surface area (Å²) in [5, 5.41) is 0.292. The molecule has 1 aromatic rings. The molecule has 0 aromatic heterocycles. The topological polar surface area (TPSA) is 46.6 Å². The summed E-state index contributed by atoms with van der Waals surface area (Å²) < 4.78 is 4.63. The highest BCUT2D eigenvalue weighted by Gasteiger charge is 2.21. The van der Waals surface area contributed by atoms with Crippen LogP contribution in [0.15, 0.2) is 18.2 Å². The maximum atomic E-state index is 12.2. The van der Waals surface area contributed by atoms with Gasteiger partial charge in [0.25, 0.3) is 5.91 Å². The zero-order chi connectivity index (χ0) is 13.1. The van der Waals surface area contributed by atoms with E-state index in [9.17, 15) is 9.59 Å². The van der Waals surface area contributed by atoms with Gasteiger partial charge in [0.2, 0.25) is 0 Å². The molecule has 1 saturated heterocycles. The molecule has 0 aliphatic carbocycles. The second-order valence-electron chi connectivity index (χ2n) is 4.19. The molecule has 0 radical (unpaired) electrons. The first-order valence-corrected chi connectivity index (χ1v) is 6.18.